The van der Waals surface area contributed by atoms with Crippen LogP contribution in [0.4, 0.5) is 4.39 Å². The minimum absolute atomic E-state index is 0.130. The maximum atomic E-state index is 13.6. The van der Waals surface area contributed by atoms with Crippen LogP contribution in [0.2, 0.25) is 0 Å². The summed E-state index contributed by atoms with van der Waals surface area (Å²) in [5, 5.41) is 0. The third kappa shape index (κ3) is 5.81. The molecule has 0 amide bonds. The predicted molar refractivity (Wildman–Crippen MR) is 69.2 cm³/mol. The number of halogens is 1. The van der Waals surface area contributed by atoms with Gasteiger partial charge in [-0.15, -0.1) is 0 Å². The monoisotopic (exact) mass is 270 g/mol. The van der Waals surface area contributed by atoms with Crippen molar-refractivity contribution in [3.05, 3.63) is 29.6 Å². The Morgan fingerprint density at radius 3 is 2.63 bits per heavy atom. The number of hydrogen-bond acceptors (Lipinski definition) is 4. The molecule has 106 valence electrons. The van der Waals surface area contributed by atoms with E-state index in [2.05, 4.69) is 0 Å². The zero-order valence-electron chi connectivity index (χ0n) is 11.3. The van der Waals surface area contributed by atoms with E-state index in [9.17, 15) is 9.18 Å². The zero-order valence-corrected chi connectivity index (χ0v) is 11.3. The lowest BCUT2D eigenvalue weighted by molar-refractivity contribution is 0.0796. The number of carbonyl (C=O) groups excluding carboxylic acids is 1. The van der Waals surface area contributed by atoms with Gasteiger partial charge in [0.2, 0.25) is 0 Å². The van der Waals surface area contributed by atoms with Crippen LogP contribution in [-0.4, -0.2) is 39.3 Å². The predicted octanol–water partition coefficient (Wildman–Crippen LogP) is 2.46. The van der Waals surface area contributed by atoms with Gasteiger partial charge in [-0.25, -0.2) is 4.39 Å². The quantitative estimate of drug-likeness (QED) is 0.511. The molecule has 0 saturated carbocycles. The molecule has 0 aliphatic carbocycles. The van der Waals surface area contributed by atoms with E-state index in [1.54, 1.807) is 13.2 Å². The Morgan fingerprint density at radius 1 is 1.21 bits per heavy atom. The minimum atomic E-state index is -0.535. The Morgan fingerprint density at radius 2 is 2.00 bits per heavy atom. The van der Waals surface area contributed by atoms with Crippen LogP contribution in [-0.2, 0) is 9.47 Å². The van der Waals surface area contributed by atoms with Crippen molar-refractivity contribution >= 4 is 5.78 Å². The van der Waals surface area contributed by atoms with Gasteiger partial charge in [0, 0.05) is 25.9 Å². The third-order valence-electron chi connectivity index (χ3n) is 2.46. The summed E-state index contributed by atoms with van der Waals surface area (Å²) >= 11 is 0. The van der Waals surface area contributed by atoms with Crippen molar-refractivity contribution in [3.8, 4) is 5.75 Å². The first-order chi connectivity index (χ1) is 9.15. The topological polar surface area (TPSA) is 44.8 Å². The van der Waals surface area contributed by atoms with Crippen molar-refractivity contribution in [1.82, 2.24) is 0 Å². The third-order valence-corrected chi connectivity index (χ3v) is 2.46. The Kier molecular flexibility index (Phi) is 7.07. The van der Waals surface area contributed by atoms with Gasteiger partial charge in [-0.1, -0.05) is 0 Å². The van der Waals surface area contributed by atoms with E-state index in [1.165, 1.54) is 19.1 Å². The number of hydrogen-bond donors (Lipinski definition) is 0. The molecule has 1 aromatic rings. The zero-order chi connectivity index (χ0) is 14.1. The van der Waals surface area contributed by atoms with Gasteiger partial charge < -0.3 is 14.2 Å². The SMILES string of the molecule is COCCCOCCOc1ccc(C(C)=O)cc1F. The highest BCUT2D eigenvalue weighted by Gasteiger charge is 2.07. The van der Waals surface area contributed by atoms with Gasteiger partial charge in [0.15, 0.2) is 17.3 Å². The van der Waals surface area contributed by atoms with Crippen molar-refractivity contribution in [1.29, 1.82) is 0 Å². The molecule has 0 bridgehead atoms. The van der Waals surface area contributed by atoms with Gasteiger partial charge in [0.1, 0.15) is 6.61 Å². The number of ether oxygens (including phenoxy) is 3. The van der Waals surface area contributed by atoms with Gasteiger partial charge in [0.05, 0.1) is 6.61 Å². The molecular weight excluding hydrogens is 251 g/mol. The number of ketones is 1. The van der Waals surface area contributed by atoms with E-state index in [1.807, 2.05) is 0 Å². The van der Waals surface area contributed by atoms with E-state index in [0.29, 0.717) is 25.4 Å². The average molecular weight is 270 g/mol. The summed E-state index contributed by atoms with van der Waals surface area (Å²) in [7, 11) is 1.64. The molecule has 0 atom stereocenters. The van der Waals surface area contributed by atoms with Crippen LogP contribution in [0.5, 0.6) is 5.75 Å². The lowest BCUT2D eigenvalue weighted by Gasteiger charge is -2.08. The van der Waals surface area contributed by atoms with Gasteiger partial charge in [0.25, 0.3) is 0 Å². The molecule has 0 spiro atoms. The number of methoxy groups -OCH3 is 1. The number of Topliss-reactive ketones (excluding diaryl/α,β-unsaturated/α-hetero) is 1. The number of carbonyl (C=O) groups is 1. The molecule has 0 fully saturated rings. The fourth-order valence-electron chi connectivity index (χ4n) is 1.45. The Bertz CT molecular complexity index is 406. The molecular formula is C14H19FO4. The number of rotatable bonds is 9. The molecule has 0 aliphatic heterocycles. The van der Waals surface area contributed by atoms with Crippen LogP contribution in [0.3, 0.4) is 0 Å². The lowest BCUT2D eigenvalue weighted by Crippen LogP contribution is -2.09. The molecule has 0 radical (unpaired) electrons. The standard InChI is InChI=1S/C14H19FO4/c1-11(16)12-4-5-14(13(15)10-12)19-9-8-18-7-3-6-17-2/h4-5,10H,3,6-9H2,1-2H3. The largest absolute Gasteiger partial charge is 0.488 e. The average Bonchev–Trinajstić information content (AvgIpc) is 2.39. The first kappa shape index (κ1) is 15.6. The van der Waals surface area contributed by atoms with Crippen LogP contribution in [0.15, 0.2) is 18.2 Å². The molecule has 0 aliphatic rings. The molecule has 0 N–H and O–H groups in total. The summed E-state index contributed by atoms with van der Waals surface area (Å²) in [5.41, 5.74) is 0.334. The van der Waals surface area contributed by atoms with Crippen molar-refractivity contribution in [2.75, 3.05) is 33.5 Å². The van der Waals surface area contributed by atoms with Gasteiger partial charge in [-0.3, -0.25) is 4.79 Å². The Labute approximate surface area is 112 Å². The van der Waals surface area contributed by atoms with E-state index in [4.69, 9.17) is 14.2 Å². The summed E-state index contributed by atoms with van der Waals surface area (Å²) in [6.45, 7) is 3.29. The van der Waals surface area contributed by atoms with E-state index in [0.717, 1.165) is 6.42 Å². The summed E-state index contributed by atoms with van der Waals surface area (Å²) in [5.74, 6) is -0.579. The van der Waals surface area contributed by atoms with E-state index < -0.39 is 5.82 Å². The second kappa shape index (κ2) is 8.61. The van der Waals surface area contributed by atoms with Crippen LogP contribution in [0.25, 0.3) is 0 Å². The molecule has 0 heterocycles. The van der Waals surface area contributed by atoms with Crippen LogP contribution >= 0.6 is 0 Å². The highest BCUT2D eigenvalue weighted by atomic mass is 19.1. The maximum Gasteiger partial charge on any atom is 0.165 e. The first-order valence-electron chi connectivity index (χ1n) is 6.15. The van der Waals surface area contributed by atoms with Crippen LogP contribution in [0, 0.1) is 5.82 Å². The number of benzene rings is 1. The van der Waals surface area contributed by atoms with Gasteiger partial charge in [-0.2, -0.15) is 0 Å². The smallest absolute Gasteiger partial charge is 0.165 e. The molecule has 1 aromatic carbocycles. The molecule has 4 nitrogen and oxygen atoms in total. The fraction of sp³-hybridized carbons (Fsp3) is 0.500. The van der Waals surface area contributed by atoms with Crippen molar-refractivity contribution in [3.63, 3.8) is 0 Å². The second-order valence-corrected chi connectivity index (χ2v) is 4.01. The van der Waals surface area contributed by atoms with E-state index >= 15 is 0 Å². The molecule has 19 heavy (non-hydrogen) atoms. The summed E-state index contributed by atoms with van der Waals surface area (Å²) in [6.07, 6.45) is 0.818. The summed E-state index contributed by atoms with van der Waals surface area (Å²) < 4.78 is 28.9. The van der Waals surface area contributed by atoms with E-state index in [-0.39, 0.29) is 18.1 Å². The molecule has 0 aromatic heterocycles. The van der Waals surface area contributed by atoms with Crippen molar-refractivity contribution < 1.29 is 23.4 Å². The lowest BCUT2D eigenvalue weighted by atomic mass is 10.1. The fourth-order valence-corrected chi connectivity index (χ4v) is 1.45. The van der Waals surface area contributed by atoms with Crippen molar-refractivity contribution in [2.45, 2.75) is 13.3 Å². The Hall–Kier alpha value is -1.46. The van der Waals surface area contributed by atoms with Crippen LogP contribution in [0.1, 0.15) is 23.7 Å². The molecule has 1 rings (SSSR count). The highest BCUT2D eigenvalue weighted by molar-refractivity contribution is 5.94. The van der Waals surface area contributed by atoms with Crippen molar-refractivity contribution in [2.24, 2.45) is 0 Å². The molecule has 5 heteroatoms. The second-order valence-electron chi connectivity index (χ2n) is 4.01. The van der Waals surface area contributed by atoms with Crippen LogP contribution < -0.4 is 4.74 Å². The molecule has 0 saturated heterocycles. The summed E-state index contributed by atoms with van der Waals surface area (Å²) in [4.78, 5) is 11.1. The van der Waals surface area contributed by atoms with Gasteiger partial charge in [-0.05, 0) is 31.5 Å². The molecule has 0 unspecified atom stereocenters. The highest BCUT2D eigenvalue weighted by Crippen LogP contribution is 2.18. The van der Waals surface area contributed by atoms with Gasteiger partial charge >= 0.3 is 0 Å². The normalized spacial score (nSPS) is 10.5. The maximum absolute atomic E-state index is 13.6. The summed E-state index contributed by atoms with van der Waals surface area (Å²) in [6, 6.07) is 4.17. The minimum Gasteiger partial charge on any atom is -0.488 e. The first-order valence-corrected chi connectivity index (χ1v) is 6.15. The Balaban J connectivity index is 2.28.